The van der Waals surface area contributed by atoms with Crippen LogP contribution in [0, 0.1) is 5.41 Å². The van der Waals surface area contributed by atoms with Gasteiger partial charge in [-0.05, 0) is 24.3 Å². The number of hydrogen-bond donors (Lipinski definition) is 2. The highest BCUT2D eigenvalue weighted by atomic mass is 35.5. The first kappa shape index (κ1) is 25.5. The minimum absolute atomic E-state index is 0.0199. The molecule has 0 bridgehead atoms. The van der Waals surface area contributed by atoms with Gasteiger partial charge in [-0.1, -0.05) is 44.0 Å². The van der Waals surface area contributed by atoms with Crippen molar-refractivity contribution in [1.29, 1.82) is 0 Å². The minimum Gasteiger partial charge on any atom is -0.495 e. The monoisotopic (exact) mass is 519 g/mol. The van der Waals surface area contributed by atoms with Gasteiger partial charge in [0.25, 0.3) is 0 Å². The molecule has 35 heavy (non-hydrogen) atoms. The molecule has 2 N–H and O–H groups in total. The fourth-order valence-corrected chi connectivity index (χ4v) is 4.55. The highest BCUT2D eigenvalue weighted by molar-refractivity contribution is 6.41. The predicted molar refractivity (Wildman–Crippen MR) is 141 cm³/mol. The number of aromatic nitrogens is 3. The molecule has 188 valence electrons. The second kappa shape index (κ2) is 10.6. The van der Waals surface area contributed by atoms with Crippen molar-refractivity contribution in [1.82, 2.24) is 15.0 Å². The van der Waals surface area contributed by atoms with E-state index in [1.165, 1.54) is 0 Å². The van der Waals surface area contributed by atoms with Gasteiger partial charge in [-0.15, -0.1) is 0 Å². The van der Waals surface area contributed by atoms with Crippen LogP contribution < -0.4 is 20.1 Å². The summed E-state index contributed by atoms with van der Waals surface area (Å²) in [5.74, 6) is 2.05. The van der Waals surface area contributed by atoms with Gasteiger partial charge in [0.05, 0.1) is 42.6 Å². The van der Waals surface area contributed by atoms with Crippen LogP contribution >= 0.6 is 23.2 Å². The Kier molecular flexibility index (Phi) is 7.73. The number of halogens is 2. The predicted octanol–water partition coefficient (Wildman–Crippen LogP) is 6.06. The van der Waals surface area contributed by atoms with Gasteiger partial charge in [-0.2, -0.15) is 0 Å². The molecule has 1 unspecified atom stereocenters. The van der Waals surface area contributed by atoms with E-state index < -0.39 is 0 Å². The molecule has 0 saturated carbocycles. The summed E-state index contributed by atoms with van der Waals surface area (Å²) < 4.78 is 16.5. The second-order valence-electron chi connectivity index (χ2n) is 9.74. The highest BCUT2D eigenvalue weighted by Crippen LogP contribution is 2.46. The fraction of sp³-hybridized carbons (Fsp3) is 0.480. The van der Waals surface area contributed by atoms with Gasteiger partial charge >= 0.3 is 0 Å². The molecule has 3 aromatic rings. The third-order valence-corrected chi connectivity index (χ3v) is 6.43. The number of anilines is 2. The van der Waals surface area contributed by atoms with E-state index in [-0.39, 0.29) is 11.5 Å². The van der Waals surface area contributed by atoms with Crippen molar-refractivity contribution < 1.29 is 14.2 Å². The van der Waals surface area contributed by atoms with Crippen molar-refractivity contribution in [3.05, 3.63) is 28.4 Å². The average Bonchev–Trinajstić information content (AvgIpc) is 2.83. The van der Waals surface area contributed by atoms with E-state index >= 15 is 0 Å². The minimum atomic E-state index is 0.0199. The molecule has 1 atom stereocenters. The lowest BCUT2D eigenvalue weighted by Crippen LogP contribution is -2.30. The summed E-state index contributed by atoms with van der Waals surface area (Å²) >= 11 is 13.4. The van der Waals surface area contributed by atoms with Crippen molar-refractivity contribution in [2.45, 2.75) is 39.7 Å². The molecule has 0 amide bonds. The van der Waals surface area contributed by atoms with Crippen LogP contribution in [0.3, 0.4) is 0 Å². The molecule has 4 rings (SSSR count). The van der Waals surface area contributed by atoms with Crippen LogP contribution in [0.2, 0.25) is 10.0 Å². The number of nitrogens with one attached hydrogen (secondary N) is 2. The van der Waals surface area contributed by atoms with Gasteiger partial charge in [0.1, 0.15) is 17.0 Å². The van der Waals surface area contributed by atoms with Gasteiger partial charge < -0.3 is 24.8 Å². The number of fused-ring (bicyclic) bond motifs is 1. The smallest absolute Gasteiger partial charge is 0.223 e. The van der Waals surface area contributed by atoms with Gasteiger partial charge in [-0.25, -0.2) is 15.0 Å². The van der Waals surface area contributed by atoms with E-state index in [0.717, 1.165) is 24.8 Å². The summed E-state index contributed by atoms with van der Waals surface area (Å²) in [6.07, 6.45) is 3.81. The Bertz CT molecular complexity index is 1180. The van der Waals surface area contributed by atoms with Gasteiger partial charge in [0, 0.05) is 36.4 Å². The van der Waals surface area contributed by atoms with Crippen molar-refractivity contribution in [2.75, 3.05) is 44.6 Å². The third-order valence-electron chi connectivity index (χ3n) is 5.68. The molecule has 2 aromatic heterocycles. The summed E-state index contributed by atoms with van der Waals surface area (Å²) in [5.41, 5.74) is 1.80. The number of nitrogens with zero attached hydrogens (tertiary/aromatic N) is 3. The van der Waals surface area contributed by atoms with Crippen molar-refractivity contribution in [3.63, 3.8) is 0 Å². The molecule has 3 heterocycles. The highest BCUT2D eigenvalue weighted by Gasteiger charge is 2.23. The standard InChI is InChI=1S/C25H31Cl2N5O3/c1-25(2,3)13-29-23-22-14(11-28-24(32-22)30-15-7-6-8-35-12-15)9-16(31-23)19-20(26)17(33-4)10-18(34-5)21(19)27/h9-11,15H,6-8,12-13H2,1-5H3,(H,29,31)(H,28,30,32). The van der Waals surface area contributed by atoms with Crippen molar-refractivity contribution >= 4 is 45.9 Å². The molecule has 0 spiro atoms. The molecule has 1 fully saturated rings. The molecule has 0 aliphatic carbocycles. The zero-order valence-electron chi connectivity index (χ0n) is 20.7. The lowest BCUT2D eigenvalue weighted by molar-refractivity contribution is 0.0874. The Morgan fingerprint density at radius 2 is 1.80 bits per heavy atom. The first-order valence-electron chi connectivity index (χ1n) is 11.6. The van der Waals surface area contributed by atoms with E-state index in [9.17, 15) is 0 Å². The summed E-state index contributed by atoms with van der Waals surface area (Å²) in [4.78, 5) is 14.2. The van der Waals surface area contributed by atoms with Gasteiger partial charge in [0.15, 0.2) is 5.82 Å². The number of benzene rings is 1. The van der Waals surface area contributed by atoms with E-state index in [2.05, 4.69) is 36.4 Å². The molecule has 1 saturated heterocycles. The molecular formula is C25H31Cl2N5O3. The number of pyridine rings is 1. The number of ether oxygens (including phenoxy) is 3. The third kappa shape index (κ3) is 5.82. The summed E-state index contributed by atoms with van der Waals surface area (Å²) in [7, 11) is 3.09. The van der Waals surface area contributed by atoms with E-state index in [0.29, 0.717) is 63.2 Å². The van der Waals surface area contributed by atoms with Gasteiger partial charge in [-0.3, -0.25) is 0 Å². The Balaban J connectivity index is 1.83. The zero-order chi connectivity index (χ0) is 25.2. The number of hydrogen-bond acceptors (Lipinski definition) is 8. The fourth-order valence-electron chi connectivity index (χ4n) is 3.86. The number of methoxy groups -OCH3 is 2. The molecular weight excluding hydrogens is 489 g/mol. The van der Waals surface area contributed by atoms with Crippen LogP contribution in [-0.2, 0) is 4.74 Å². The molecule has 1 aliphatic heterocycles. The first-order chi connectivity index (χ1) is 16.7. The van der Waals surface area contributed by atoms with Crippen LogP contribution in [-0.4, -0.2) is 55.0 Å². The maximum absolute atomic E-state index is 6.69. The van der Waals surface area contributed by atoms with Gasteiger partial charge in [0.2, 0.25) is 5.95 Å². The number of rotatable bonds is 7. The largest absolute Gasteiger partial charge is 0.495 e. The summed E-state index contributed by atoms with van der Waals surface area (Å²) in [6, 6.07) is 3.71. The summed E-state index contributed by atoms with van der Waals surface area (Å²) in [6.45, 7) is 8.57. The van der Waals surface area contributed by atoms with E-state index in [4.69, 9.17) is 47.4 Å². The Morgan fingerprint density at radius 3 is 2.40 bits per heavy atom. The van der Waals surface area contributed by atoms with E-state index in [1.54, 1.807) is 26.5 Å². The second-order valence-corrected chi connectivity index (χ2v) is 10.5. The summed E-state index contributed by atoms with van der Waals surface area (Å²) in [5, 5.41) is 8.35. The van der Waals surface area contributed by atoms with Crippen LogP contribution in [0.4, 0.5) is 11.8 Å². The van der Waals surface area contributed by atoms with Crippen molar-refractivity contribution in [3.8, 4) is 22.8 Å². The maximum Gasteiger partial charge on any atom is 0.223 e. The lowest BCUT2D eigenvalue weighted by atomic mass is 9.97. The quantitative estimate of drug-likeness (QED) is 0.388. The normalized spacial score (nSPS) is 16.3. The van der Waals surface area contributed by atoms with Crippen LogP contribution in [0.25, 0.3) is 22.2 Å². The van der Waals surface area contributed by atoms with Crippen LogP contribution in [0.5, 0.6) is 11.5 Å². The first-order valence-corrected chi connectivity index (χ1v) is 12.3. The SMILES string of the molecule is COc1cc(OC)c(Cl)c(-c2cc3cnc(NC4CCCOC4)nc3c(NCC(C)(C)C)n2)c1Cl. The van der Waals surface area contributed by atoms with Crippen LogP contribution in [0.15, 0.2) is 18.3 Å². The molecule has 8 nitrogen and oxygen atoms in total. The molecule has 0 radical (unpaired) electrons. The Hall–Kier alpha value is -2.55. The Morgan fingerprint density at radius 1 is 1.09 bits per heavy atom. The van der Waals surface area contributed by atoms with Crippen molar-refractivity contribution in [2.24, 2.45) is 5.41 Å². The average molecular weight is 520 g/mol. The topological polar surface area (TPSA) is 90.4 Å². The lowest BCUT2D eigenvalue weighted by Gasteiger charge is -2.23. The molecule has 1 aliphatic rings. The maximum atomic E-state index is 6.69. The van der Waals surface area contributed by atoms with Crippen LogP contribution in [0.1, 0.15) is 33.6 Å². The zero-order valence-corrected chi connectivity index (χ0v) is 22.2. The Labute approximate surface area is 215 Å². The molecule has 10 heteroatoms. The molecule has 1 aromatic carbocycles. The van der Waals surface area contributed by atoms with E-state index in [1.807, 2.05) is 6.07 Å².